The summed E-state index contributed by atoms with van der Waals surface area (Å²) in [5.74, 6) is -8.30. The van der Waals surface area contributed by atoms with E-state index in [-0.39, 0.29) is 35.0 Å². The fourth-order valence-corrected chi connectivity index (χ4v) is 5.93. The molecule has 4 rings (SSSR count). The lowest BCUT2D eigenvalue weighted by molar-refractivity contribution is -0.159. The maximum Gasteiger partial charge on any atom is 0.255 e. The fourth-order valence-electron chi connectivity index (χ4n) is 5.58. The van der Waals surface area contributed by atoms with Crippen LogP contribution in [0, 0.1) is 11.8 Å². The lowest BCUT2D eigenvalue weighted by Crippen LogP contribution is -2.67. The first-order valence-corrected chi connectivity index (χ1v) is 10.5. The Hall–Kier alpha value is -2.63. The van der Waals surface area contributed by atoms with E-state index in [1.807, 2.05) is 0 Å². The van der Waals surface area contributed by atoms with Crippen LogP contribution in [0.25, 0.3) is 5.76 Å². The highest BCUT2D eigenvalue weighted by molar-refractivity contribution is 6.32. The number of carbonyl (C=O) groups excluding carboxylic acids is 3. The van der Waals surface area contributed by atoms with Gasteiger partial charge in [0, 0.05) is 28.0 Å². The molecule has 0 heterocycles. The van der Waals surface area contributed by atoms with Crippen molar-refractivity contribution in [2.75, 3.05) is 14.1 Å². The summed E-state index contributed by atoms with van der Waals surface area (Å²) in [6.45, 7) is 1.34. The Morgan fingerprint density at radius 3 is 2.29 bits per heavy atom. The van der Waals surface area contributed by atoms with Gasteiger partial charge >= 0.3 is 0 Å². The molecule has 0 aromatic heterocycles. The number of likely N-dealkylation sites (N-methyl/N-ethyl adjacent to an activating group) is 1. The van der Waals surface area contributed by atoms with Crippen molar-refractivity contribution >= 4 is 47.2 Å². The number of benzene rings is 1. The third-order valence-corrected chi connectivity index (χ3v) is 7.39. The summed E-state index contributed by atoms with van der Waals surface area (Å²) in [5, 5.41) is 55.2. The number of aliphatic hydroxyl groups excluding tert-OH is 2. The molecule has 1 aromatic carbocycles. The van der Waals surface area contributed by atoms with Crippen LogP contribution in [-0.2, 0) is 20.0 Å². The number of amides is 1. The van der Waals surface area contributed by atoms with Crippen LogP contribution in [0.3, 0.4) is 0 Å². The van der Waals surface area contributed by atoms with Gasteiger partial charge in [-0.05, 0) is 39.6 Å². The molecule has 0 bridgehead atoms. The summed E-state index contributed by atoms with van der Waals surface area (Å²) in [5.41, 5.74) is -1.10. The lowest BCUT2D eigenvalue weighted by atomic mass is 9.54. The van der Waals surface area contributed by atoms with Crippen molar-refractivity contribution in [2.24, 2.45) is 17.6 Å². The third kappa shape index (κ3) is 3.03. The second-order valence-electron chi connectivity index (χ2n) is 9.08. The summed E-state index contributed by atoms with van der Waals surface area (Å²) in [4.78, 5) is 40.1. The van der Waals surface area contributed by atoms with Gasteiger partial charge in [0.1, 0.15) is 22.8 Å². The molecule has 1 aromatic rings. The molecule has 10 nitrogen and oxygen atoms in total. The fraction of sp³-hybridized carbons (Fsp3) is 0.409. The van der Waals surface area contributed by atoms with E-state index in [9.17, 15) is 39.9 Å². The number of ketones is 2. The van der Waals surface area contributed by atoms with Crippen molar-refractivity contribution in [1.29, 1.82) is 0 Å². The predicted octanol–water partition coefficient (Wildman–Crippen LogP) is 0.704. The molecule has 3 aliphatic rings. The second-order valence-corrected chi connectivity index (χ2v) is 9.48. The number of phenols is 1. The smallest absolute Gasteiger partial charge is 0.255 e. The van der Waals surface area contributed by atoms with E-state index in [2.05, 4.69) is 0 Å². The van der Waals surface area contributed by atoms with E-state index in [1.54, 1.807) is 0 Å². The number of aliphatic hydroxyl groups is 4. The predicted molar refractivity (Wildman–Crippen MR) is 122 cm³/mol. The quantitative estimate of drug-likeness (QED) is 0.309. The molecule has 0 saturated heterocycles. The summed E-state index contributed by atoms with van der Waals surface area (Å²) < 4.78 is 0. The average Bonchev–Trinajstić information content (AvgIpc) is 2.69. The van der Waals surface area contributed by atoms with Crippen molar-refractivity contribution in [1.82, 2.24) is 4.90 Å². The molecule has 3 aliphatic carbocycles. The van der Waals surface area contributed by atoms with Gasteiger partial charge in [-0.15, -0.1) is 12.4 Å². The number of hydrogen-bond acceptors (Lipinski definition) is 9. The molecule has 1 amide bonds. The van der Waals surface area contributed by atoms with Crippen molar-refractivity contribution in [3.05, 3.63) is 45.2 Å². The summed E-state index contributed by atoms with van der Waals surface area (Å²) in [7, 11) is 2.97. The van der Waals surface area contributed by atoms with Crippen molar-refractivity contribution in [3.8, 4) is 5.75 Å². The summed E-state index contributed by atoms with van der Waals surface area (Å²) in [6.07, 6.45) is -0.259. The summed E-state index contributed by atoms with van der Waals surface area (Å²) in [6, 6.07) is 1.24. The standard InChI is InChI=1S/C22H23ClN2O8.ClH/c1-21(32)7-6-8-15(25(2)3)17(28)13(20(24)31)19(30)22(8,33)18(29)11(7)16(27)12-10(26)5-4-9(23)14(12)21;/h4-5,7-8,15,26-27,30,32-33H,6H2,1-3H3,(H2,24,31);1H/t7-,8+,15-,21-,22-;/m0./s1. The maximum atomic E-state index is 13.7. The molecule has 0 radical (unpaired) electrons. The highest BCUT2D eigenvalue weighted by Crippen LogP contribution is 2.58. The molecule has 7 N–H and O–H groups in total. The number of Topliss-reactive ketones (excluding diaryl/α,β-unsaturated/α-hetero) is 2. The van der Waals surface area contributed by atoms with Crippen LogP contribution in [0.15, 0.2) is 29.0 Å². The van der Waals surface area contributed by atoms with Crippen LogP contribution in [0.5, 0.6) is 5.75 Å². The van der Waals surface area contributed by atoms with E-state index in [4.69, 9.17) is 17.3 Å². The Balaban J connectivity index is 0.00000324. The molecule has 1 saturated carbocycles. The van der Waals surface area contributed by atoms with E-state index in [1.165, 1.54) is 38.1 Å². The Morgan fingerprint density at radius 1 is 1.18 bits per heavy atom. The zero-order valence-electron chi connectivity index (χ0n) is 18.4. The van der Waals surface area contributed by atoms with Crippen LogP contribution in [0.4, 0.5) is 0 Å². The van der Waals surface area contributed by atoms with E-state index < -0.39 is 75.0 Å². The molecular weight excluding hydrogens is 491 g/mol. The lowest BCUT2D eigenvalue weighted by Gasteiger charge is -2.53. The zero-order valence-corrected chi connectivity index (χ0v) is 19.9. The van der Waals surface area contributed by atoms with Gasteiger partial charge in [-0.1, -0.05) is 11.6 Å². The van der Waals surface area contributed by atoms with Crippen LogP contribution in [0.2, 0.25) is 5.02 Å². The number of halogens is 2. The topological polar surface area (TPSA) is 182 Å². The first-order chi connectivity index (χ1) is 15.2. The van der Waals surface area contributed by atoms with Gasteiger partial charge in [0.25, 0.3) is 5.91 Å². The minimum absolute atomic E-state index is 0. The molecule has 12 heteroatoms. The number of carbonyl (C=O) groups is 3. The Labute approximate surface area is 205 Å². The highest BCUT2D eigenvalue weighted by atomic mass is 35.5. The monoisotopic (exact) mass is 514 g/mol. The molecule has 0 spiro atoms. The molecule has 34 heavy (non-hydrogen) atoms. The van der Waals surface area contributed by atoms with Gasteiger partial charge in [-0.3, -0.25) is 19.3 Å². The first-order valence-electron chi connectivity index (χ1n) is 10.1. The van der Waals surface area contributed by atoms with E-state index in [0.717, 1.165) is 0 Å². The van der Waals surface area contributed by atoms with Gasteiger partial charge in [0.2, 0.25) is 5.78 Å². The number of phenolic OH excluding ortho intramolecular Hbond substituents is 1. The van der Waals surface area contributed by atoms with Crippen LogP contribution < -0.4 is 5.73 Å². The number of rotatable bonds is 2. The van der Waals surface area contributed by atoms with E-state index >= 15 is 0 Å². The first kappa shape index (κ1) is 26.0. The maximum absolute atomic E-state index is 13.7. The normalized spacial score (nSPS) is 32.7. The van der Waals surface area contributed by atoms with Gasteiger partial charge < -0.3 is 31.3 Å². The van der Waals surface area contributed by atoms with Crippen molar-refractivity contribution in [2.45, 2.75) is 30.6 Å². The van der Waals surface area contributed by atoms with E-state index in [0.29, 0.717) is 0 Å². The summed E-state index contributed by atoms with van der Waals surface area (Å²) >= 11 is 6.28. The largest absolute Gasteiger partial charge is 0.508 e. The Kier molecular flexibility index (Phi) is 6.08. The minimum Gasteiger partial charge on any atom is -0.508 e. The minimum atomic E-state index is -2.78. The van der Waals surface area contributed by atoms with Gasteiger partial charge in [0.05, 0.1) is 17.2 Å². The molecule has 5 atom stereocenters. The Morgan fingerprint density at radius 2 is 1.76 bits per heavy atom. The average molecular weight is 515 g/mol. The molecule has 184 valence electrons. The van der Waals surface area contributed by atoms with Crippen LogP contribution >= 0.6 is 24.0 Å². The molecule has 0 aliphatic heterocycles. The molecule has 0 unspecified atom stereocenters. The van der Waals surface area contributed by atoms with Crippen LogP contribution in [0.1, 0.15) is 24.5 Å². The van der Waals surface area contributed by atoms with Crippen molar-refractivity contribution in [3.63, 3.8) is 0 Å². The Bertz CT molecular complexity index is 1210. The second kappa shape index (κ2) is 7.96. The number of primary amides is 1. The zero-order chi connectivity index (χ0) is 24.8. The van der Waals surface area contributed by atoms with Gasteiger partial charge in [-0.25, -0.2) is 0 Å². The SMILES string of the molecule is CN(C)[C@@H]1C(=O)C(C(N)=O)=C(O)[C@@]2(O)C(=O)C3=C(O)c4c(O)ccc(Cl)c4[C@@](C)(O)[C@H]3C[C@H]12.Cl. The van der Waals surface area contributed by atoms with Crippen molar-refractivity contribution < 1.29 is 39.9 Å². The third-order valence-electron chi connectivity index (χ3n) is 7.07. The number of hydrogen-bond donors (Lipinski definition) is 6. The van der Waals surface area contributed by atoms with Crippen LogP contribution in [-0.4, -0.2) is 73.6 Å². The number of aromatic hydroxyl groups is 1. The van der Waals surface area contributed by atoms with Gasteiger partial charge in [0.15, 0.2) is 11.4 Å². The number of nitrogens with zero attached hydrogens (tertiary/aromatic N) is 1. The molecule has 1 fully saturated rings. The highest BCUT2D eigenvalue weighted by Gasteiger charge is 2.66. The number of fused-ring (bicyclic) bond motifs is 3. The van der Waals surface area contributed by atoms with Gasteiger partial charge in [-0.2, -0.15) is 0 Å². The number of nitrogens with two attached hydrogens (primary N) is 1. The molecular formula is C22H24Cl2N2O8.